The van der Waals surface area contributed by atoms with E-state index in [1.54, 1.807) is 7.05 Å². The summed E-state index contributed by atoms with van der Waals surface area (Å²) in [6, 6.07) is 0. The molecule has 0 aromatic carbocycles. The molecular weight excluding hydrogens is 240 g/mol. The van der Waals surface area contributed by atoms with E-state index in [4.69, 9.17) is 34.8 Å². The van der Waals surface area contributed by atoms with Crippen molar-refractivity contribution < 1.29 is 4.79 Å². The van der Waals surface area contributed by atoms with Crippen LogP contribution in [-0.2, 0) is 0 Å². The summed E-state index contributed by atoms with van der Waals surface area (Å²) >= 11 is 17.8. The summed E-state index contributed by atoms with van der Waals surface area (Å²) in [5, 5.41) is -0.526. The van der Waals surface area contributed by atoms with Gasteiger partial charge in [-0.3, -0.25) is 9.10 Å². The molecule has 72 valence electrons. The van der Waals surface area contributed by atoms with E-state index in [2.05, 4.69) is 0 Å². The second-order valence-corrected chi connectivity index (χ2v) is 5.13. The van der Waals surface area contributed by atoms with Gasteiger partial charge in [0, 0.05) is 18.8 Å². The lowest BCUT2D eigenvalue weighted by Crippen LogP contribution is -2.30. The average Bonchev–Trinajstić information content (AvgIpc) is 2.04. The predicted octanol–water partition coefficient (Wildman–Crippen LogP) is 3.16. The van der Waals surface area contributed by atoms with Crippen molar-refractivity contribution in [1.29, 1.82) is 0 Å². The Morgan fingerprint density at radius 2 is 1.92 bits per heavy atom. The minimum Gasteiger partial charge on any atom is -0.275 e. The first-order chi connectivity index (χ1) is 5.45. The lowest BCUT2D eigenvalue weighted by atomic mass is 10.2. The third-order valence-corrected chi connectivity index (χ3v) is 4.19. The first-order valence-corrected chi connectivity index (χ1v) is 5.41. The zero-order valence-corrected chi connectivity index (χ0v) is 9.90. The van der Waals surface area contributed by atoms with Gasteiger partial charge in [0.25, 0.3) is 0 Å². The van der Waals surface area contributed by atoms with E-state index < -0.39 is 5.37 Å². The Labute approximate surface area is 91.7 Å². The molecule has 0 N–H and O–H groups in total. The molecule has 12 heavy (non-hydrogen) atoms. The van der Waals surface area contributed by atoms with Crippen LogP contribution in [0, 0.1) is 0 Å². The summed E-state index contributed by atoms with van der Waals surface area (Å²) in [7, 11) is 1.58. The number of carbonyl (C=O) groups is 1. The van der Waals surface area contributed by atoms with Crippen LogP contribution in [0.4, 0.5) is 4.79 Å². The van der Waals surface area contributed by atoms with E-state index in [9.17, 15) is 4.79 Å². The van der Waals surface area contributed by atoms with E-state index in [0.29, 0.717) is 11.8 Å². The Kier molecular flexibility index (Phi) is 5.74. The molecule has 0 saturated heterocycles. The van der Waals surface area contributed by atoms with E-state index >= 15 is 0 Å². The Hall–Kier alpha value is 0.690. The number of nitrogens with zero attached hydrogens (tertiary/aromatic N) is 1. The minimum absolute atomic E-state index is 0.345. The summed E-state index contributed by atoms with van der Waals surface area (Å²) in [5.41, 5.74) is 0. The van der Waals surface area contributed by atoms with Gasteiger partial charge in [0.1, 0.15) is 0 Å². The van der Waals surface area contributed by atoms with Crippen LogP contribution in [0.3, 0.4) is 0 Å². The van der Waals surface area contributed by atoms with E-state index in [1.165, 1.54) is 16.3 Å². The van der Waals surface area contributed by atoms with Gasteiger partial charge in [-0.05, 0) is 30.5 Å². The normalized spacial score (nSPS) is 11.4. The van der Waals surface area contributed by atoms with Crippen LogP contribution >= 0.6 is 46.8 Å². The van der Waals surface area contributed by atoms with Gasteiger partial charge in [-0.15, -0.1) is 23.2 Å². The maximum Gasteiger partial charge on any atom is 0.326 e. The van der Waals surface area contributed by atoms with Crippen molar-refractivity contribution in [3.8, 4) is 0 Å². The van der Waals surface area contributed by atoms with Gasteiger partial charge in [0.2, 0.25) is 0 Å². The van der Waals surface area contributed by atoms with Gasteiger partial charge >= 0.3 is 5.37 Å². The van der Waals surface area contributed by atoms with Gasteiger partial charge in [0.15, 0.2) is 0 Å². The standard InChI is InChI=1S/C6H10Cl3NOS/c1-6(3-7,4-8)12-10(2)5(9)11/h3-4H2,1-2H3. The fraction of sp³-hybridized carbons (Fsp3) is 0.833. The minimum atomic E-state index is -0.526. The van der Waals surface area contributed by atoms with E-state index in [-0.39, 0.29) is 4.75 Å². The van der Waals surface area contributed by atoms with Crippen LogP contribution in [0.5, 0.6) is 0 Å². The van der Waals surface area contributed by atoms with Gasteiger partial charge in [-0.2, -0.15) is 0 Å². The van der Waals surface area contributed by atoms with Crippen molar-refractivity contribution in [3.63, 3.8) is 0 Å². The highest BCUT2D eigenvalue weighted by atomic mass is 35.5. The molecule has 0 spiro atoms. The van der Waals surface area contributed by atoms with Gasteiger partial charge in [-0.25, -0.2) is 0 Å². The number of hydrogen-bond donors (Lipinski definition) is 0. The number of rotatable bonds is 4. The smallest absolute Gasteiger partial charge is 0.275 e. The van der Waals surface area contributed by atoms with Crippen molar-refractivity contribution in [2.24, 2.45) is 0 Å². The number of carbonyl (C=O) groups excluding carboxylic acids is 1. The maximum atomic E-state index is 10.6. The lowest BCUT2D eigenvalue weighted by molar-refractivity contribution is 0.251. The first-order valence-electron chi connectivity index (χ1n) is 3.19. The Bertz CT molecular complexity index is 163. The Balaban J connectivity index is 4.11. The zero-order valence-electron chi connectivity index (χ0n) is 6.81. The molecule has 0 rings (SSSR count). The second-order valence-electron chi connectivity index (χ2n) is 2.56. The zero-order chi connectivity index (χ0) is 9.78. The van der Waals surface area contributed by atoms with Crippen LogP contribution in [0.15, 0.2) is 0 Å². The van der Waals surface area contributed by atoms with Crippen molar-refractivity contribution in [2.45, 2.75) is 11.7 Å². The highest BCUT2D eigenvalue weighted by Gasteiger charge is 2.26. The molecule has 0 aliphatic heterocycles. The molecule has 0 radical (unpaired) electrons. The molecule has 0 saturated carbocycles. The van der Waals surface area contributed by atoms with Crippen molar-refractivity contribution in [1.82, 2.24) is 4.31 Å². The maximum absolute atomic E-state index is 10.6. The van der Waals surface area contributed by atoms with Crippen LogP contribution in [0.1, 0.15) is 6.92 Å². The van der Waals surface area contributed by atoms with Crippen LogP contribution in [0.2, 0.25) is 0 Å². The number of alkyl halides is 2. The highest BCUT2D eigenvalue weighted by Crippen LogP contribution is 2.30. The predicted molar refractivity (Wildman–Crippen MR) is 56.4 cm³/mol. The Morgan fingerprint density at radius 1 is 1.50 bits per heavy atom. The number of amides is 1. The fourth-order valence-corrected chi connectivity index (χ4v) is 1.96. The van der Waals surface area contributed by atoms with E-state index in [1.807, 2.05) is 6.92 Å². The summed E-state index contributed by atoms with van der Waals surface area (Å²) in [6.45, 7) is 1.87. The monoisotopic (exact) mass is 249 g/mol. The topological polar surface area (TPSA) is 20.3 Å². The molecule has 0 fully saturated rings. The summed E-state index contributed by atoms with van der Waals surface area (Å²) in [5.74, 6) is 0.741. The first kappa shape index (κ1) is 12.7. The van der Waals surface area contributed by atoms with Gasteiger partial charge < -0.3 is 0 Å². The Morgan fingerprint density at radius 3 is 2.17 bits per heavy atom. The van der Waals surface area contributed by atoms with Gasteiger partial charge in [0.05, 0.1) is 4.75 Å². The SMILES string of the molecule is CN(SC(C)(CCl)CCl)C(=O)Cl. The van der Waals surface area contributed by atoms with Crippen molar-refractivity contribution in [2.75, 3.05) is 18.8 Å². The second kappa shape index (κ2) is 5.43. The summed E-state index contributed by atoms with van der Waals surface area (Å²) in [6.07, 6.45) is 0. The van der Waals surface area contributed by atoms with Crippen LogP contribution in [-0.4, -0.2) is 33.2 Å². The molecule has 6 heteroatoms. The molecule has 0 unspecified atom stereocenters. The molecule has 0 atom stereocenters. The summed E-state index contributed by atoms with van der Waals surface area (Å²) < 4.78 is 0.967. The third kappa shape index (κ3) is 4.08. The average molecular weight is 251 g/mol. The van der Waals surface area contributed by atoms with Crippen LogP contribution < -0.4 is 0 Å². The van der Waals surface area contributed by atoms with Crippen molar-refractivity contribution >= 4 is 52.1 Å². The van der Waals surface area contributed by atoms with Gasteiger partial charge in [-0.1, -0.05) is 0 Å². The molecule has 0 aliphatic carbocycles. The molecule has 0 aromatic heterocycles. The van der Waals surface area contributed by atoms with Crippen molar-refractivity contribution in [3.05, 3.63) is 0 Å². The lowest BCUT2D eigenvalue weighted by Gasteiger charge is -2.27. The molecule has 2 nitrogen and oxygen atoms in total. The fourth-order valence-electron chi connectivity index (χ4n) is 0.451. The highest BCUT2D eigenvalue weighted by molar-refractivity contribution is 7.99. The molecule has 0 bridgehead atoms. The molecule has 0 aliphatic rings. The molecular formula is C6H10Cl3NOS. The summed E-state index contributed by atoms with van der Waals surface area (Å²) in [4.78, 5) is 10.6. The largest absolute Gasteiger partial charge is 0.326 e. The molecule has 0 heterocycles. The number of halogens is 3. The van der Waals surface area contributed by atoms with E-state index in [0.717, 1.165) is 0 Å². The number of hydrogen-bond acceptors (Lipinski definition) is 2. The quantitative estimate of drug-likeness (QED) is 0.331. The third-order valence-electron chi connectivity index (χ3n) is 1.17. The molecule has 1 amide bonds. The van der Waals surface area contributed by atoms with Crippen LogP contribution in [0.25, 0.3) is 0 Å². The molecule has 0 aromatic rings.